The molecular weight excluding hydrogens is 276 g/mol. The summed E-state index contributed by atoms with van der Waals surface area (Å²) >= 11 is 3.39. The molecule has 0 saturated carbocycles. The minimum Gasteiger partial charge on any atom is -0.384 e. The zero-order valence-electron chi connectivity index (χ0n) is 11.3. The van der Waals surface area contributed by atoms with Crippen LogP contribution in [0.1, 0.15) is 6.92 Å². The second-order valence-electron chi connectivity index (χ2n) is 4.42. The smallest absolute Gasteiger partial charge is 0.208 e. The van der Waals surface area contributed by atoms with Gasteiger partial charge in [-0.3, -0.25) is 0 Å². The van der Waals surface area contributed by atoms with E-state index in [4.69, 9.17) is 0 Å². The summed E-state index contributed by atoms with van der Waals surface area (Å²) in [5.74, 6) is 0. The third-order valence-corrected chi connectivity index (χ3v) is 4.72. The minimum atomic E-state index is 0.447. The van der Waals surface area contributed by atoms with E-state index >= 15 is 0 Å². The highest BCUT2D eigenvalue weighted by Gasteiger charge is 2.10. The molecule has 0 aliphatic rings. The highest BCUT2D eigenvalue weighted by Crippen LogP contribution is 2.29. The molecule has 1 N–H and O–H groups in total. The van der Waals surface area contributed by atoms with E-state index in [1.165, 1.54) is 0 Å². The Morgan fingerprint density at radius 1 is 1.26 bits per heavy atom. The van der Waals surface area contributed by atoms with E-state index in [1.807, 2.05) is 37.2 Å². The van der Waals surface area contributed by atoms with Crippen molar-refractivity contribution in [1.29, 1.82) is 0 Å². The Hall–Kier alpha value is -1.27. The van der Waals surface area contributed by atoms with Crippen molar-refractivity contribution in [1.82, 2.24) is 10.2 Å². The first kappa shape index (κ1) is 14.1. The molecule has 1 aromatic heterocycles. The number of rotatable bonds is 6. The maximum Gasteiger partial charge on any atom is 0.208 e. The van der Waals surface area contributed by atoms with Crippen LogP contribution in [-0.2, 0) is 0 Å². The summed E-state index contributed by atoms with van der Waals surface area (Å²) in [5.41, 5.74) is 1.15. The van der Waals surface area contributed by atoms with Gasteiger partial charge in [-0.05, 0) is 12.1 Å². The van der Waals surface area contributed by atoms with Gasteiger partial charge in [-0.1, -0.05) is 48.2 Å². The first-order valence-corrected chi connectivity index (χ1v) is 7.81. The predicted molar refractivity (Wildman–Crippen MR) is 84.5 cm³/mol. The van der Waals surface area contributed by atoms with Crippen LogP contribution >= 0.6 is 23.1 Å². The molecular formula is C13H18N4S2. The first-order valence-electron chi connectivity index (χ1n) is 6.11. The van der Waals surface area contributed by atoms with Crippen LogP contribution in [0.4, 0.5) is 10.8 Å². The fourth-order valence-corrected chi connectivity index (χ4v) is 3.47. The second-order valence-corrected chi connectivity index (χ2v) is 7.06. The lowest BCUT2D eigenvalue weighted by atomic mass is 10.3. The second kappa shape index (κ2) is 6.77. The van der Waals surface area contributed by atoms with Gasteiger partial charge in [0.2, 0.25) is 5.13 Å². The molecule has 0 radical (unpaired) electrons. The van der Waals surface area contributed by atoms with Crippen molar-refractivity contribution >= 4 is 33.9 Å². The zero-order chi connectivity index (χ0) is 13.7. The number of hydrogen-bond acceptors (Lipinski definition) is 6. The van der Waals surface area contributed by atoms with Crippen molar-refractivity contribution in [2.45, 2.75) is 16.5 Å². The number of para-hydroxylation sites is 1. The van der Waals surface area contributed by atoms with E-state index in [2.05, 4.69) is 34.6 Å². The van der Waals surface area contributed by atoms with E-state index in [9.17, 15) is 0 Å². The van der Waals surface area contributed by atoms with E-state index in [0.717, 1.165) is 21.7 Å². The van der Waals surface area contributed by atoms with Gasteiger partial charge in [-0.25, -0.2) is 0 Å². The molecule has 2 aromatic rings. The largest absolute Gasteiger partial charge is 0.384 e. The molecule has 2 rings (SSSR count). The summed E-state index contributed by atoms with van der Waals surface area (Å²) in [5, 5.41) is 13.2. The molecule has 0 amide bonds. The Labute approximate surface area is 122 Å². The van der Waals surface area contributed by atoms with Crippen LogP contribution in [0, 0.1) is 0 Å². The average Bonchev–Trinajstić information content (AvgIpc) is 2.86. The maximum atomic E-state index is 4.19. The topological polar surface area (TPSA) is 41.1 Å². The lowest BCUT2D eigenvalue weighted by Gasteiger charge is -2.11. The van der Waals surface area contributed by atoms with Gasteiger partial charge in [0.1, 0.15) is 0 Å². The standard InChI is InChI=1S/C13H18N4S2/c1-10(9-14-11-7-5-4-6-8-11)18-13-16-15-12(19-13)17(2)3/h4-8,10,14H,9H2,1-3H3. The SMILES string of the molecule is CC(CNc1ccccc1)Sc1nnc(N(C)C)s1. The monoisotopic (exact) mass is 294 g/mol. The lowest BCUT2D eigenvalue weighted by molar-refractivity contribution is 0.957. The molecule has 0 spiro atoms. The van der Waals surface area contributed by atoms with E-state index < -0.39 is 0 Å². The van der Waals surface area contributed by atoms with E-state index in [0.29, 0.717) is 5.25 Å². The molecule has 1 atom stereocenters. The van der Waals surface area contributed by atoms with Gasteiger partial charge in [0.05, 0.1) is 0 Å². The zero-order valence-corrected chi connectivity index (χ0v) is 13.0. The van der Waals surface area contributed by atoms with Crippen molar-refractivity contribution in [3.8, 4) is 0 Å². The molecule has 0 aliphatic heterocycles. The molecule has 1 heterocycles. The van der Waals surface area contributed by atoms with Gasteiger partial charge in [-0.15, -0.1) is 10.2 Å². The summed E-state index contributed by atoms with van der Waals surface area (Å²) in [6.45, 7) is 3.10. The van der Waals surface area contributed by atoms with Crippen LogP contribution < -0.4 is 10.2 Å². The summed E-state index contributed by atoms with van der Waals surface area (Å²) in [7, 11) is 3.96. The van der Waals surface area contributed by atoms with E-state index in [1.54, 1.807) is 23.1 Å². The van der Waals surface area contributed by atoms with Crippen molar-refractivity contribution in [3.05, 3.63) is 30.3 Å². The Balaban J connectivity index is 1.82. The number of benzene rings is 1. The van der Waals surface area contributed by atoms with Crippen LogP contribution in [0.2, 0.25) is 0 Å². The van der Waals surface area contributed by atoms with Gasteiger partial charge in [-0.2, -0.15) is 0 Å². The van der Waals surface area contributed by atoms with Crippen LogP contribution in [0.15, 0.2) is 34.7 Å². The van der Waals surface area contributed by atoms with E-state index in [-0.39, 0.29) is 0 Å². The molecule has 1 unspecified atom stereocenters. The highest BCUT2D eigenvalue weighted by molar-refractivity contribution is 8.01. The van der Waals surface area contributed by atoms with Crippen LogP contribution in [0.5, 0.6) is 0 Å². The van der Waals surface area contributed by atoms with Gasteiger partial charge >= 0.3 is 0 Å². The van der Waals surface area contributed by atoms with Crippen molar-refractivity contribution in [3.63, 3.8) is 0 Å². The van der Waals surface area contributed by atoms with Gasteiger partial charge in [0.15, 0.2) is 4.34 Å². The van der Waals surface area contributed by atoms with Crippen molar-refractivity contribution < 1.29 is 0 Å². The Morgan fingerprint density at radius 2 is 2.00 bits per heavy atom. The number of aromatic nitrogens is 2. The first-order chi connectivity index (χ1) is 9.15. The quantitative estimate of drug-likeness (QED) is 0.829. The number of nitrogens with one attached hydrogen (secondary N) is 1. The van der Waals surface area contributed by atoms with Crippen LogP contribution in [0.25, 0.3) is 0 Å². The normalized spacial score (nSPS) is 12.2. The molecule has 4 nitrogen and oxygen atoms in total. The minimum absolute atomic E-state index is 0.447. The molecule has 0 fully saturated rings. The third-order valence-electron chi connectivity index (χ3n) is 2.45. The van der Waals surface area contributed by atoms with Gasteiger partial charge < -0.3 is 10.2 Å². The number of thioether (sulfide) groups is 1. The third kappa shape index (κ3) is 4.40. The number of nitrogens with zero attached hydrogens (tertiary/aromatic N) is 3. The van der Waals surface area contributed by atoms with Gasteiger partial charge in [0.25, 0.3) is 0 Å². The Kier molecular flexibility index (Phi) is 5.04. The predicted octanol–water partition coefficient (Wildman–Crippen LogP) is 3.20. The Morgan fingerprint density at radius 3 is 2.63 bits per heavy atom. The summed E-state index contributed by atoms with van der Waals surface area (Å²) in [4.78, 5) is 1.98. The molecule has 19 heavy (non-hydrogen) atoms. The highest BCUT2D eigenvalue weighted by atomic mass is 32.2. The molecule has 1 aromatic carbocycles. The number of anilines is 2. The summed E-state index contributed by atoms with van der Waals surface area (Å²) < 4.78 is 1.02. The van der Waals surface area contributed by atoms with Crippen molar-refractivity contribution in [2.75, 3.05) is 30.9 Å². The molecule has 6 heteroatoms. The summed E-state index contributed by atoms with van der Waals surface area (Å²) in [6, 6.07) is 10.2. The fourth-order valence-electron chi connectivity index (χ4n) is 1.46. The summed E-state index contributed by atoms with van der Waals surface area (Å²) in [6.07, 6.45) is 0. The molecule has 0 aliphatic carbocycles. The number of hydrogen-bond donors (Lipinski definition) is 1. The fraction of sp³-hybridized carbons (Fsp3) is 0.385. The Bertz CT molecular complexity index is 498. The van der Waals surface area contributed by atoms with Crippen LogP contribution in [-0.4, -0.2) is 36.1 Å². The lowest BCUT2D eigenvalue weighted by Crippen LogP contribution is -2.12. The molecule has 0 bridgehead atoms. The van der Waals surface area contributed by atoms with Gasteiger partial charge in [0, 0.05) is 31.6 Å². The maximum absolute atomic E-state index is 4.19. The average molecular weight is 294 g/mol. The molecule has 0 saturated heterocycles. The van der Waals surface area contributed by atoms with Crippen LogP contribution in [0.3, 0.4) is 0 Å². The molecule has 102 valence electrons. The van der Waals surface area contributed by atoms with Crippen molar-refractivity contribution in [2.24, 2.45) is 0 Å².